The summed E-state index contributed by atoms with van der Waals surface area (Å²) in [5.74, 6) is 3.29. The lowest BCUT2D eigenvalue weighted by Crippen LogP contribution is -2.26. The summed E-state index contributed by atoms with van der Waals surface area (Å²) >= 11 is 2.05. The SMILES string of the molecule is CCN(CC)c1nc(NC)nc(NCC2CCCCS2)n1. The average Bonchev–Trinajstić information content (AvgIpc) is 2.55. The third kappa shape index (κ3) is 4.62. The Balaban J connectivity index is 2.04. The normalized spacial score (nSPS) is 18.3. The van der Waals surface area contributed by atoms with Crippen molar-refractivity contribution in [1.29, 1.82) is 0 Å². The van der Waals surface area contributed by atoms with Gasteiger partial charge in [0.25, 0.3) is 0 Å². The van der Waals surface area contributed by atoms with Crippen LogP contribution in [0.5, 0.6) is 0 Å². The van der Waals surface area contributed by atoms with Crippen LogP contribution in [-0.4, -0.2) is 52.6 Å². The Bertz CT molecular complexity index is 431. The van der Waals surface area contributed by atoms with Crippen molar-refractivity contribution in [2.24, 2.45) is 0 Å². The Morgan fingerprint density at radius 1 is 1.14 bits per heavy atom. The average molecular weight is 310 g/mol. The van der Waals surface area contributed by atoms with E-state index in [1.807, 2.05) is 7.05 Å². The van der Waals surface area contributed by atoms with E-state index < -0.39 is 0 Å². The van der Waals surface area contributed by atoms with Gasteiger partial charge in [0.2, 0.25) is 17.8 Å². The van der Waals surface area contributed by atoms with Crippen LogP contribution in [0.2, 0.25) is 0 Å². The highest BCUT2D eigenvalue weighted by Crippen LogP contribution is 2.25. The maximum atomic E-state index is 4.55. The molecule has 1 aliphatic heterocycles. The maximum absolute atomic E-state index is 4.55. The van der Waals surface area contributed by atoms with E-state index in [0.717, 1.165) is 25.6 Å². The van der Waals surface area contributed by atoms with E-state index in [-0.39, 0.29) is 0 Å². The van der Waals surface area contributed by atoms with Crippen LogP contribution in [0.15, 0.2) is 0 Å². The number of nitrogens with zero attached hydrogens (tertiary/aromatic N) is 4. The predicted octanol–water partition coefficient (Wildman–Crippen LogP) is 2.46. The zero-order valence-electron chi connectivity index (χ0n) is 13.2. The minimum absolute atomic E-state index is 0.616. The van der Waals surface area contributed by atoms with Gasteiger partial charge in [0.15, 0.2) is 0 Å². The number of thioether (sulfide) groups is 1. The molecule has 6 nitrogen and oxygen atoms in total. The van der Waals surface area contributed by atoms with Crippen molar-refractivity contribution in [2.45, 2.75) is 38.4 Å². The van der Waals surface area contributed by atoms with Crippen LogP contribution in [0.3, 0.4) is 0 Å². The lowest BCUT2D eigenvalue weighted by molar-refractivity contribution is 0.675. The molecule has 2 N–H and O–H groups in total. The summed E-state index contributed by atoms with van der Waals surface area (Å²) in [4.78, 5) is 15.5. The molecular formula is C14H26N6S. The Morgan fingerprint density at radius 3 is 2.52 bits per heavy atom. The first-order valence-corrected chi connectivity index (χ1v) is 8.86. The van der Waals surface area contributed by atoms with Gasteiger partial charge < -0.3 is 15.5 Å². The second kappa shape index (κ2) is 8.26. The van der Waals surface area contributed by atoms with Crippen LogP contribution in [0, 0.1) is 0 Å². The minimum atomic E-state index is 0.616. The Morgan fingerprint density at radius 2 is 1.90 bits per heavy atom. The number of rotatable bonds is 7. The third-order valence-corrected chi connectivity index (χ3v) is 5.05. The fourth-order valence-electron chi connectivity index (χ4n) is 2.38. The largest absolute Gasteiger partial charge is 0.357 e. The van der Waals surface area contributed by atoms with Gasteiger partial charge >= 0.3 is 0 Å². The van der Waals surface area contributed by atoms with Crippen molar-refractivity contribution in [3.05, 3.63) is 0 Å². The molecule has 0 bridgehead atoms. The summed E-state index contributed by atoms with van der Waals surface area (Å²) in [6, 6.07) is 0. The zero-order valence-corrected chi connectivity index (χ0v) is 14.0. The molecule has 1 aromatic rings. The standard InChI is InChI=1S/C14H26N6S/c1-4-20(5-2)14-18-12(15-3)17-13(19-14)16-10-11-8-6-7-9-21-11/h11H,4-10H2,1-3H3,(H2,15,16,17,18,19). The van der Waals surface area contributed by atoms with Crippen LogP contribution >= 0.6 is 11.8 Å². The molecule has 118 valence electrons. The molecular weight excluding hydrogens is 284 g/mol. The smallest absolute Gasteiger partial charge is 0.231 e. The topological polar surface area (TPSA) is 66.0 Å². The molecule has 0 amide bonds. The summed E-state index contributed by atoms with van der Waals surface area (Å²) in [6.45, 7) is 6.93. The van der Waals surface area contributed by atoms with Gasteiger partial charge in [0, 0.05) is 31.9 Å². The number of anilines is 3. The summed E-state index contributed by atoms with van der Waals surface area (Å²) in [7, 11) is 1.84. The Kier molecular flexibility index (Phi) is 6.35. The molecule has 7 heteroatoms. The van der Waals surface area contributed by atoms with Crippen molar-refractivity contribution in [2.75, 3.05) is 48.0 Å². The highest BCUT2D eigenvalue weighted by molar-refractivity contribution is 7.99. The second-order valence-electron chi connectivity index (χ2n) is 5.07. The van der Waals surface area contributed by atoms with Gasteiger partial charge in [-0.15, -0.1) is 0 Å². The molecule has 0 aromatic carbocycles. The van der Waals surface area contributed by atoms with E-state index in [1.54, 1.807) is 0 Å². The van der Waals surface area contributed by atoms with Crippen molar-refractivity contribution in [1.82, 2.24) is 15.0 Å². The van der Waals surface area contributed by atoms with Gasteiger partial charge in [-0.1, -0.05) is 6.42 Å². The highest BCUT2D eigenvalue weighted by atomic mass is 32.2. The molecule has 2 rings (SSSR count). The molecule has 0 saturated carbocycles. The van der Waals surface area contributed by atoms with Crippen LogP contribution in [0.4, 0.5) is 17.8 Å². The molecule has 1 aliphatic rings. The van der Waals surface area contributed by atoms with E-state index in [1.165, 1.54) is 25.0 Å². The fourth-order valence-corrected chi connectivity index (χ4v) is 3.62. The van der Waals surface area contributed by atoms with E-state index >= 15 is 0 Å². The van der Waals surface area contributed by atoms with Gasteiger partial charge in [-0.25, -0.2) is 0 Å². The molecule has 1 unspecified atom stereocenters. The quantitative estimate of drug-likeness (QED) is 0.802. The van der Waals surface area contributed by atoms with Crippen molar-refractivity contribution in [3.63, 3.8) is 0 Å². The van der Waals surface area contributed by atoms with Crippen molar-refractivity contribution < 1.29 is 0 Å². The number of nitrogens with one attached hydrogen (secondary N) is 2. The van der Waals surface area contributed by atoms with E-state index in [0.29, 0.717) is 17.1 Å². The Labute approximate surface area is 131 Å². The monoisotopic (exact) mass is 310 g/mol. The first kappa shape index (κ1) is 16.1. The van der Waals surface area contributed by atoms with Crippen molar-refractivity contribution >= 4 is 29.6 Å². The first-order chi connectivity index (χ1) is 10.3. The Hall–Kier alpha value is -1.24. The van der Waals surface area contributed by atoms with Crippen LogP contribution in [0.25, 0.3) is 0 Å². The lowest BCUT2D eigenvalue weighted by atomic mass is 10.2. The van der Waals surface area contributed by atoms with E-state index in [9.17, 15) is 0 Å². The van der Waals surface area contributed by atoms with Gasteiger partial charge in [0.05, 0.1) is 0 Å². The van der Waals surface area contributed by atoms with Crippen LogP contribution in [-0.2, 0) is 0 Å². The molecule has 0 radical (unpaired) electrons. The van der Waals surface area contributed by atoms with Gasteiger partial charge in [-0.2, -0.15) is 26.7 Å². The molecule has 21 heavy (non-hydrogen) atoms. The molecule has 0 spiro atoms. The summed E-state index contributed by atoms with van der Waals surface area (Å²) in [5.41, 5.74) is 0. The highest BCUT2D eigenvalue weighted by Gasteiger charge is 2.15. The summed E-state index contributed by atoms with van der Waals surface area (Å²) in [5, 5.41) is 7.07. The maximum Gasteiger partial charge on any atom is 0.231 e. The lowest BCUT2D eigenvalue weighted by Gasteiger charge is -2.22. The molecule has 1 aromatic heterocycles. The van der Waals surface area contributed by atoms with Crippen molar-refractivity contribution in [3.8, 4) is 0 Å². The number of hydrogen-bond donors (Lipinski definition) is 2. The molecule has 2 heterocycles. The summed E-state index contributed by atoms with van der Waals surface area (Å²) < 4.78 is 0. The number of aromatic nitrogens is 3. The molecule has 0 aliphatic carbocycles. The number of hydrogen-bond acceptors (Lipinski definition) is 7. The van der Waals surface area contributed by atoms with Crippen LogP contribution in [0.1, 0.15) is 33.1 Å². The fraction of sp³-hybridized carbons (Fsp3) is 0.786. The first-order valence-electron chi connectivity index (χ1n) is 7.81. The third-order valence-electron chi connectivity index (χ3n) is 3.66. The zero-order chi connectivity index (χ0) is 15.1. The van der Waals surface area contributed by atoms with E-state index in [4.69, 9.17) is 0 Å². The van der Waals surface area contributed by atoms with E-state index in [2.05, 4.69) is 56.1 Å². The van der Waals surface area contributed by atoms with Gasteiger partial charge in [0.1, 0.15) is 0 Å². The molecule has 1 atom stereocenters. The summed E-state index contributed by atoms with van der Waals surface area (Å²) in [6.07, 6.45) is 3.97. The molecule has 1 fully saturated rings. The van der Waals surface area contributed by atoms with Gasteiger partial charge in [-0.3, -0.25) is 0 Å². The van der Waals surface area contributed by atoms with Gasteiger partial charge in [-0.05, 0) is 32.4 Å². The van der Waals surface area contributed by atoms with Crippen LogP contribution < -0.4 is 15.5 Å². The molecule has 1 saturated heterocycles. The predicted molar refractivity (Wildman–Crippen MR) is 91.5 cm³/mol. The minimum Gasteiger partial charge on any atom is -0.357 e. The second-order valence-corrected chi connectivity index (χ2v) is 6.48.